The maximum atomic E-state index is 11.9. The molecule has 1 aromatic heterocycles. The van der Waals surface area contributed by atoms with Crippen molar-refractivity contribution in [3.63, 3.8) is 0 Å². The van der Waals surface area contributed by atoms with E-state index in [9.17, 15) is 4.79 Å². The van der Waals surface area contributed by atoms with Gasteiger partial charge in [0.05, 0.1) is 12.7 Å². The van der Waals surface area contributed by atoms with Gasteiger partial charge in [-0.3, -0.25) is 9.67 Å². The van der Waals surface area contributed by atoms with Gasteiger partial charge < -0.3 is 20.7 Å². The number of aliphatic imine (C=N–C) groups is 1. The van der Waals surface area contributed by atoms with E-state index in [1.54, 1.807) is 7.05 Å². The number of guanidine groups is 1. The summed E-state index contributed by atoms with van der Waals surface area (Å²) in [5.41, 5.74) is 0.699. The summed E-state index contributed by atoms with van der Waals surface area (Å²) < 4.78 is 7.25. The predicted octanol–water partition coefficient (Wildman–Crippen LogP) is 2.19. The number of hydrogen-bond acceptors (Lipinski definition) is 4. The Hall–Kier alpha value is -2.25. The normalized spacial score (nSPS) is 20.9. The van der Waals surface area contributed by atoms with Crippen molar-refractivity contribution in [3.05, 3.63) is 18.0 Å². The van der Waals surface area contributed by atoms with Crippen molar-refractivity contribution in [1.29, 1.82) is 0 Å². The lowest BCUT2D eigenvalue weighted by atomic mass is 9.91. The van der Waals surface area contributed by atoms with Gasteiger partial charge in [0.2, 0.25) is 0 Å². The van der Waals surface area contributed by atoms with Crippen LogP contribution < -0.4 is 16.0 Å². The van der Waals surface area contributed by atoms with Crippen LogP contribution in [0.2, 0.25) is 0 Å². The number of nitrogens with one attached hydrogen (secondary N) is 3. The summed E-state index contributed by atoms with van der Waals surface area (Å²) in [6.45, 7) is 9.21. The zero-order valence-electron chi connectivity index (χ0n) is 17.2. The van der Waals surface area contributed by atoms with Gasteiger partial charge in [0, 0.05) is 31.9 Å². The third-order valence-corrected chi connectivity index (χ3v) is 4.41. The Balaban J connectivity index is 1.66. The summed E-state index contributed by atoms with van der Waals surface area (Å²) in [4.78, 5) is 16.2. The number of aryl methyl sites for hydroxylation is 1. The molecule has 0 aliphatic heterocycles. The maximum absolute atomic E-state index is 11.9. The van der Waals surface area contributed by atoms with Crippen LogP contribution in [-0.2, 0) is 11.3 Å². The predicted molar refractivity (Wildman–Crippen MR) is 107 cm³/mol. The number of hydrogen-bond donors (Lipinski definition) is 3. The molecular weight excluding hydrogens is 344 g/mol. The van der Waals surface area contributed by atoms with Gasteiger partial charge in [-0.05, 0) is 58.9 Å². The fourth-order valence-corrected chi connectivity index (χ4v) is 3.12. The van der Waals surface area contributed by atoms with Crippen molar-refractivity contribution < 1.29 is 9.53 Å². The number of nitrogens with zero attached hydrogens (tertiary/aromatic N) is 3. The van der Waals surface area contributed by atoms with E-state index in [1.807, 2.05) is 44.8 Å². The van der Waals surface area contributed by atoms with E-state index in [0.717, 1.165) is 50.3 Å². The van der Waals surface area contributed by atoms with E-state index in [4.69, 9.17) is 4.74 Å². The minimum atomic E-state index is -0.462. The highest BCUT2D eigenvalue weighted by molar-refractivity contribution is 5.79. The average Bonchev–Trinajstić information content (AvgIpc) is 2.99. The van der Waals surface area contributed by atoms with Crippen molar-refractivity contribution in [2.75, 3.05) is 13.6 Å². The van der Waals surface area contributed by atoms with Gasteiger partial charge in [0.25, 0.3) is 0 Å². The molecule has 0 spiro atoms. The number of amides is 1. The zero-order valence-corrected chi connectivity index (χ0v) is 17.2. The van der Waals surface area contributed by atoms with Crippen LogP contribution in [0.15, 0.2) is 17.4 Å². The van der Waals surface area contributed by atoms with Crippen LogP contribution in [0.4, 0.5) is 4.79 Å². The van der Waals surface area contributed by atoms with E-state index >= 15 is 0 Å². The second-order valence-corrected chi connectivity index (χ2v) is 8.12. The second-order valence-electron chi connectivity index (χ2n) is 8.12. The molecule has 1 saturated carbocycles. The van der Waals surface area contributed by atoms with Gasteiger partial charge >= 0.3 is 6.09 Å². The van der Waals surface area contributed by atoms with Crippen molar-refractivity contribution >= 4 is 12.1 Å². The van der Waals surface area contributed by atoms with E-state index in [1.165, 1.54) is 0 Å². The lowest BCUT2D eigenvalue weighted by Gasteiger charge is -2.31. The summed E-state index contributed by atoms with van der Waals surface area (Å²) in [5.74, 6) is 0.808. The lowest BCUT2D eigenvalue weighted by molar-refractivity contribution is 0.0490. The first-order valence-electron chi connectivity index (χ1n) is 9.71. The fraction of sp³-hybridized carbons (Fsp3) is 0.737. The number of ether oxygens (including phenoxy) is 1. The Morgan fingerprint density at radius 1 is 1.26 bits per heavy atom. The van der Waals surface area contributed by atoms with Gasteiger partial charge in [-0.2, -0.15) is 5.10 Å². The third kappa shape index (κ3) is 7.88. The minimum absolute atomic E-state index is 0.177. The standard InChI is InChI=1S/C19H34N6O2/c1-14-12-22-25(13-14)11-10-21-17(20-5)23-15-6-8-16(9-7-15)24-18(26)27-19(2,3)4/h12-13,15-16H,6-11H2,1-5H3,(H,24,26)(H2,20,21,23). The largest absolute Gasteiger partial charge is 0.444 e. The van der Waals surface area contributed by atoms with Crippen LogP contribution in [0.1, 0.15) is 52.0 Å². The summed E-state index contributed by atoms with van der Waals surface area (Å²) in [7, 11) is 1.78. The maximum Gasteiger partial charge on any atom is 0.407 e. The molecule has 1 heterocycles. The van der Waals surface area contributed by atoms with Crippen molar-refractivity contribution in [1.82, 2.24) is 25.7 Å². The third-order valence-electron chi connectivity index (χ3n) is 4.41. The topological polar surface area (TPSA) is 92.6 Å². The molecule has 8 heteroatoms. The van der Waals surface area contributed by atoms with Crippen molar-refractivity contribution in [3.8, 4) is 0 Å². The molecule has 0 bridgehead atoms. The molecular formula is C19H34N6O2. The Morgan fingerprint density at radius 2 is 1.89 bits per heavy atom. The molecule has 1 aromatic rings. The van der Waals surface area contributed by atoms with E-state index < -0.39 is 5.60 Å². The van der Waals surface area contributed by atoms with Gasteiger partial charge in [0.1, 0.15) is 5.60 Å². The fourth-order valence-electron chi connectivity index (χ4n) is 3.12. The number of carbonyl (C=O) groups excluding carboxylic acids is 1. The number of carbonyl (C=O) groups is 1. The first kappa shape index (κ1) is 21.1. The Labute approximate surface area is 162 Å². The summed E-state index contributed by atoms with van der Waals surface area (Å²) in [6, 6.07) is 0.538. The molecule has 0 aromatic carbocycles. The second kappa shape index (κ2) is 9.62. The molecule has 1 fully saturated rings. The first-order chi connectivity index (χ1) is 12.7. The Morgan fingerprint density at radius 3 is 2.41 bits per heavy atom. The molecule has 27 heavy (non-hydrogen) atoms. The minimum Gasteiger partial charge on any atom is -0.444 e. The summed E-state index contributed by atoms with van der Waals surface area (Å²) >= 11 is 0. The van der Waals surface area contributed by atoms with Crippen LogP contribution in [0.5, 0.6) is 0 Å². The first-order valence-corrected chi connectivity index (χ1v) is 9.71. The van der Waals surface area contributed by atoms with Crippen molar-refractivity contribution in [2.45, 2.75) is 77.6 Å². The van der Waals surface area contributed by atoms with Crippen LogP contribution in [0.3, 0.4) is 0 Å². The average molecular weight is 379 g/mol. The SMILES string of the molecule is CN=C(NCCn1cc(C)cn1)NC1CCC(NC(=O)OC(C)(C)C)CC1. The monoisotopic (exact) mass is 378 g/mol. The highest BCUT2D eigenvalue weighted by Crippen LogP contribution is 2.19. The lowest BCUT2D eigenvalue weighted by Crippen LogP contribution is -2.48. The highest BCUT2D eigenvalue weighted by atomic mass is 16.6. The van der Waals surface area contributed by atoms with Gasteiger partial charge in [-0.25, -0.2) is 4.79 Å². The number of rotatable bonds is 5. The van der Waals surface area contributed by atoms with Crippen LogP contribution in [-0.4, -0.2) is 53.1 Å². The molecule has 2 rings (SSSR count). The molecule has 8 nitrogen and oxygen atoms in total. The number of aromatic nitrogens is 2. The molecule has 3 N–H and O–H groups in total. The molecule has 152 valence electrons. The van der Waals surface area contributed by atoms with Crippen LogP contribution in [0.25, 0.3) is 0 Å². The summed E-state index contributed by atoms with van der Waals surface area (Å²) in [6.07, 6.45) is 7.39. The molecule has 1 aliphatic rings. The van der Waals surface area contributed by atoms with Gasteiger partial charge in [-0.1, -0.05) is 0 Å². The van der Waals surface area contributed by atoms with Gasteiger partial charge in [0.15, 0.2) is 5.96 Å². The molecule has 0 unspecified atom stereocenters. The van der Waals surface area contributed by atoms with E-state index in [2.05, 4.69) is 26.0 Å². The molecule has 1 aliphatic carbocycles. The van der Waals surface area contributed by atoms with E-state index in [-0.39, 0.29) is 12.1 Å². The molecule has 0 atom stereocenters. The highest BCUT2D eigenvalue weighted by Gasteiger charge is 2.25. The van der Waals surface area contributed by atoms with E-state index in [0.29, 0.717) is 6.04 Å². The van der Waals surface area contributed by atoms with Crippen LogP contribution in [0, 0.1) is 6.92 Å². The van der Waals surface area contributed by atoms with Crippen LogP contribution >= 0.6 is 0 Å². The smallest absolute Gasteiger partial charge is 0.407 e. The quantitative estimate of drug-likeness (QED) is 0.539. The Kier molecular flexibility index (Phi) is 7.50. The zero-order chi connectivity index (χ0) is 19.9. The molecule has 1 amide bonds. The Bertz CT molecular complexity index is 626. The van der Waals surface area contributed by atoms with Crippen molar-refractivity contribution in [2.24, 2.45) is 4.99 Å². The molecule has 0 saturated heterocycles. The summed E-state index contributed by atoms with van der Waals surface area (Å²) in [5, 5.41) is 14.1. The van der Waals surface area contributed by atoms with Gasteiger partial charge in [-0.15, -0.1) is 0 Å². The number of alkyl carbamates (subject to hydrolysis) is 1. The molecule has 0 radical (unpaired) electrons.